The summed E-state index contributed by atoms with van der Waals surface area (Å²) in [6, 6.07) is 21.8. The lowest BCUT2D eigenvalue weighted by Crippen LogP contribution is -2.17. The summed E-state index contributed by atoms with van der Waals surface area (Å²) in [6.07, 6.45) is 3.61. The average molecular weight is 424 g/mol. The molecule has 158 valence electrons. The summed E-state index contributed by atoms with van der Waals surface area (Å²) < 4.78 is 7.36. The highest BCUT2D eigenvalue weighted by Gasteiger charge is 2.09. The maximum atomic E-state index is 12.3. The Labute approximate surface area is 184 Å². The minimum Gasteiger partial charge on any atom is -0.507 e. The molecule has 0 spiro atoms. The van der Waals surface area contributed by atoms with Crippen molar-refractivity contribution in [3.63, 3.8) is 0 Å². The minimum atomic E-state index is -0.470. The van der Waals surface area contributed by atoms with Crippen molar-refractivity contribution in [2.75, 3.05) is 7.11 Å². The summed E-state index contributed by atoms with van der Waals surface area (Å²) in [5.41, 5.74) is 5.79. The number of phenolic OH excluding ortho intramolecular Hbond substituents is 1. The zero-order valence-corrected chi connectivity index (χ0v) is 17.3. The summed E-state index contributed by atoms with van der Waals surface area (Å²) in [4.78, 5) is 12.3. The van der Waals surface area contributed by atoms with Gasteiger partial charge in [0, 0.05) is 34.8 Å². The normalized spacial score (nSPS) is 10.9. The van der Waals surface area contributed by atoms with Crippen molar-refractivity contribution in [1.29, 1.82) is 5.26 Å². The van der Waals surface area contributed by atoms with Gasteiger partial charge in [-0.25, -0.2) is 5.43 Å². The van der Waals surface area contributed by atoms with Gasteiger partial charge in [-0.15, -0.1) is 0 Å². The number of rotatable bonds is 6. The number of hydrazone groups is 1. The molecule has 0 aliphatic heterocycles. The number of nitrogens with zero attached hydrogens (tertiary/aromatic N) is 3. The van der Waals surface area contributed by atoms with E-state index < -0.39 is 5.91 Å². The Morgan fingerprint density at radius 2 is 2.00 bits per heavy atom. The molecule has 0 saturated carbocycles. The smallest absolute Gasteiger partial charge is 0.271 e. The summed E-state index contributed by atoms with van der Waals surface area (Å²) in [5, 5.41) is 23.6. The van der Waals surface area contributed by atoms with Crippen molar-refractivity contribution in [2.24, 2.45) is 5.10 Å². The third-order valence-electron chi connectivity index (χ3n) is 5.11. The molecule has 0 atom stereocenters. The maximum Gasteiger partial charge on any atom is 0.271 e. The molecule has 1 amide bonds. The Hall–Kier alpha value is -4.57. The molecule has 4 rings (SSSR count). The third kappa shape index (κ3) is 4.30. The highest BCUT2D eigenvalue weighted by molar-refractivity contribution is 6.00. The van der Waals surface area contributed by atoms with Gasteiger partial charge >= 0.3 is 0 Å². The van der Waals surface area contributed by atoms with Gasteiger partial charge in [0.15, 0.2) is 0 Å². The second-order valence-electron chi connectivity index (χ2n) is 7.11. The number of carbonyl (C=O) groups is 1. The van der Waals surface area contributed by atoms with Crippen molar-refractivity contribution in [3.05, 3.63) is 95.2 Å². The lowest BCUT2D eigenvalue weighted by Gasteiger charge is -2.07. The molecule has 7 nitrogen and oxygen atoms in total. The first-order valence-corrected chi connectivity index (χ1v) is 9.86. The van der Waals surface area contributed by atoms with E-state index in [4.69, 9.17) is 10.00 Å². The fourth-order valence-corrected chi connectivity index (χ4v) is 3.42. The van der Waals surface area contributed by atoms with E-state index in [2.05, 4.69) is 15.1 Å². The van der Waals surface area contributed by atoms with Gasteiger partial charge in [0.2, 0.25) is 0 Å². The number of phenols is 1. The molecule has 0 aliphatic rings. The van der Waals surface area contributed by atoms with E-state index in [1.807, 2.05) is 60.8 Å². The largest absolute Gasteiger partial charge is 0.507 e. The van der Waals surface area contributed by atoms with E-state index >= 15 is 0 Å². The highest BCUT2D eigenvalue weighted by Crippen LogP contribution is 2.21. The van der Waals surface area contributed by atoms with E-state index in [0.717, 1.165) is 27.8 Å². The van der Waals surface area contributed by atoms with Gasteiger partial charge in [0.1, 0.15) is 17.6 Å². The lowest BCUT2D eigenvalue weighted by atomic mass is 10.1. The Morgan fingerprint density at radius 3 is 2.75 bits per heavy atom. The van der Waals surface area contributed by atoms with Crippen LogP contribution in [0.15, 0.2) is 78.0 Å². The number of aromatic nitrogens is 1. The van der Waals surface area contributed by atoms with Crippen LogP contribution in [0.3, 0.4) is 0 Å². The van der Waals surface area contributed by atoms with Gasteiger partial charge in [0.25, 0.3) is 5.91 Å². The predicted molar refractivity (Wildman–Crippen MR) is 122 cm³/mol. The van der Waals surface area contributed by atoms with Crippen molar-refractivity contribution < 1.29 is 14.6 Å². The second-order valence-corrected chi connectivity index (χ2v) is 7.11. The van der Waals surface area contributed by atoms with Gasteiger partial charge in [-0.1, -0.05) is 24.3 Å². The molecule has 3 aromatic carbocycles. The summed E-state index contributed by atoms with van der Waals surface area (Å²) in [7, 11) is 1.65. The van der Waals surface area contributed by atoms with E-state index in [1.165, 1.54) is 18.2 Å². The second kappa shape index (κ2) is 9.06. The Kier molecular flexibility index (Phi) is 5.86. The fourth-order valence-electron chi connectivity index (χ4n) is 3.42. The van der Waals surface area contributed by atoms with Crippen molar-refractivity contribution >= 4 is 23.0 Å². The number of hydrogen-bond acceptors (Lipinski definition) is 5. The van der Waals surface area contributed by atoms with Gasteiger partial charge in [-0.3, -0.25) is 4.79 Å². The van der Waals surface area contributed by atoms with Crippen LogP contribution in [0.1, 0.15) is 27.0 Å². The first-order chi connectivity index (χ1) is 15.6. The first-order valence-electron chi connectivity index (χ1n) is 9.86. The molecule has 0 fully saturated rings. The summed E-state index contributed by atoms with van der Waals surface area (Å²) >= 11 is 0. The van der Waals surface area contributed by atoms with Crippen LogP contribution >= 0.6 is 0 Å². The Balaban J connectivity index is 1.50. The number of amides is 1. The minimum absolute atomic E-state index is 0.0320. The number of fused-ring (bicyclic) bond motifs is 1. The molecular formula is C25H20N4O3. The summed E-state index contributed by atoms with van der Waals surface area (Å²) in [5.74, 6) is 0.184. The lowest BCUT2D eigenvalue weighted by molar-refractivity contribution is 0.0955. The molecule has 1 heterocycles. The number of methoxy groups -OCH3 is 1. The van der Waals surface area contributed by atoms with E-state index in [-0.39, 0.29) is 16.9 Å². The molecule has 0 aliphatic carbocycles. The topological polar surface area (TPSA) is 99.6 Å². The quantitative estimate of drug-likeness (QED) is 0.360. The van der Waals surface area contributed by atoms with Crippen LogP contribution in [0.25, 0.3) is 10.9 Å². The van der Waals surface area contributed by atoms with E-state index in [1.54, 1.807) is 13.3 Å². The molecule has 0 unspecified atom stereocenters. The number of aromatic hydroxyl groups is 1. The number of nitrogens with one attached hydrogen (secondary N) is 1. The van der Waals surface area contributed by atoms with Crippen LogP contribution in [0.4, 0.5) is 0 Å². The Morgan fingerprint density at radius 1 is 1.19 bits per heavy atom. The highest BCUT2D eigenvalue weighted by atomic mass is 16.5. The predicted octanol–water partition coefficient (Wildman–Crippen LogP) is 4.04. The number of carbonyl (C=O) groups excluding carboxylic acids is 1. The fraction of sp³-hybridized carbons (Fsp3) is 0.0800. The number of benzene rings is 3. The van der Waals surface area contributed by atoms with Crippen LogP contribution in [0.5, 0.6) is 11.5 Å². The molecular weight excluding hydrogens is 404 g/mol. The standard InChI is InChI=1S/C25H20N4O3/c1-32-21-8-5-17(6-9-21)16-29-12-11-22-19(3-2-4-23(22)29)15-27-28-25(31)18-7-10-24(30)20(13-18)14-26/h2-13,15,30H,16H2,1H3,(H,28,31)/b27-15+. The Bertz CT molecular complexity index is 1350. The molecule has 32 heavy (non-hydrogen) atoms. The average Bonchev–Trinajstić information content (AvgIpc) is 3.23. The van der Waals surface area contributed by atoms with Gasteiger partial charge < -0.3 is 14.4 Å². The summed E-state index contributed by atoms with van der Waals surface area (Å²) in [6.45, 7) is 0.715. The molecule has 0 bridgehead atoms. The number of hydrogen-bond donors (Lipinski definition) is 2. The van der Waals surface area contributed by atoms with E-state index in [0.29, 0.717) is 6.54 Å². The monoisotopic (exact) mass is 424 g/mol. The first kappa shape index (κ1) is 20.7. The third-order valence-corrected chi connectivity index (χ3v) is 5.11. The molecule has 2 N–H and O–H groups in total. The SMILES string of the molecule is COc1ccc(Cn2ccc3c(/C=N/NC(=O)c4ccc(O)c(C#N)c4)cccc32)cc1. The molecule has 7 heteroatoms. The van der Waals surface area contributed by atoms with Crippen LogP contribution < -0.4 is 10.2 Å². The van der Waals surface area contributed by atoms with Crippen LogP contribution in [-0.2, 0) is 6.54 Å². The van der Waals surface area contributed by atoms with Crippen molar-refractivity contribution in [1.82, 2.24) is 9.99 Å². The van der Waals surface area contributed by atoms with Crippen LogP contribution in [0.2, 0.25) is 0 Å². The maximum absolute atomic E-state index is 12.3. The van der Waals surface area contributed by atoms with Crippen LogP contribution in [-0.4, -0.2) is 28.9 Å². The van der Waals surface area contributed by atoms with Crippen molar-refractivity contribution in [3.8, 4) is 17.6 Å². The zero-order valence-electron chi connectivity index (χ0n) is 17.3. The zero-order chi connectivity index (χ0) is 22.5. The van der Waals surface area contributed by atoms with Crippen LogP contribution in [0, 0.1) is 11.3 Å². The molecule has 1 aromatic heterocycles. The van der Waals surface area contributed by atoms with Gasteiger partial charge in [-0.2, -0.15) is 10.4 Å². The molecule has 4 aromatic rings. The van der Waals surface area contributed by atoms with Crippen molar-refractivity contribution in [2.45, 2.75) is 6.54 Å². The number of nitriles is 1. The number of ether oxygens (including phenoxy) is 1. The van der Waals surface area contributed by atoms with Gasteiger partial charge in [0.05, 0.1) is 18.9 Å². The molecule has 0 saturated heterocycles. The van der Waals surface area contributed by atoms with E-state index in [9.17, 15) is 9.90 Å². The molecule has 0 radical (unpaired) electrons. The van der Waals surface area contributed by atoms with Gasteiger partial charge in [-0.05, 0) is 48.0 Å².